The number of phenolic OH excluding ortho intramolecular Hbond substituents is 1. The standard InChI is InChI=1S/C18H27NO3/c1-18(10-4-2-3-5-11-18)17(22)19-15(13-20)12-14-6-8-16(21)9-7-14/h6-9,15,20-21H,2-5,10-13H2,1H3,(H,19,22)/t15-/m0/s1. The SMILES string of the molecule is CC1(C(=O)N[C@H](CO)Cc2ccc(O)cc2)CCCCCC1. The molecule has 2 rings (SSSR count). The molecule has 1 aliphatic rings. The Kier molecular flexibility index (Phi) is 5.83. The third kappa shape index (κ3) is 4.47. The molecule has 4 nitrogen and oxygen atoms in total. The number of amides is 1. The van der Waals surface area contributed by atoms with Crippen molar-refractivity contribution in [2.45, 2.75) is 57.9 Å². The summed E-state index contributed by atoms with van der Waals surface area (Å²) >= 11 is 0. The lowest BCUT2D eigenvalue weighted by Gasteiger charge is -2.29. The Morgan fingerprint density at radius 2 is 1.77 bits per heavy atom. The lowest BCUT2D eigenvalue weighted by atomic mass is 9.81. The molecule has 0 radical (unpaired) electrons. The van der Waals surface area contributed by atoms with Crippen molar-refractivity contribution in [2.75, 3.05) is 6.61 Å². The molecule has 22 heavy (non-hydrogen) atoms. The summed E-state index contributed by atoms with van der Waals surface area (Å²) < 4.78 is 0. The molecule has 1 aliphatic carbocycles. The van der Waals surface area contributed by atoms with Crippen LogP contribution in [0.1, 0.15) is 51.0 Å². The molecule has 1 atom stereocenters. The summed E-state index contributed by atoms with van der Waals surface area (Å²) in [5.41, 5.74) is 0.682. The second-order valence-corrected chi connectivity index (χ2v) is 6.70. The highest BCUT2D eigenvalue weighted by molar-refractivity contribution is 5.82. The summed E-state index contributed by atoms with van der Waals surface area (Å²) in [7, 11) is 0. The Hall–Kier alpha value is -1.55. The van der Waals surface area contributed by atoms with Crippen molar-refractivity contribution in [3.8, 4) is 5.75 Å². The van der Waals surface area contributed by atoms with Gasteiger partial charge >= 0.3 is 0 Å². The van der Waals surface area contributed by atoms with Gasteiger partial charge in [0.15, 0.2) is 0 Å². The Morgan fingerprint density at radius 1 is 1.18 bits per heavy atom. The summed E-state index contributed by atoms with van der Waals surface area (Å²) in [4.78, 5) is 12.6. The van der Waals surface area contributed by atoms with E-state index >= 15 is 0 Å². The predicted octanol–water partition coefficient (Wildman–Crippen LogP) is 2.77. The van der Waals surface area contributed by atoms with Crippen molar-refractivity contribution in [3.63, 3.8) is 0 Å². The van der Waals surface area contributed by atoms with Crippen LogP contribution in [0.25, 0.3) is 0 Å². The van der Waals surface area contributed by atoms with Gasteiger partial charge in [-0.1, -0.05) is 44.7 Å². The quantitative estimate of drug-likeness (QED) is 0.733. The van der Waals surface area contributed by atoms with Gasteiger partial charge in [-0.25, -0.2) is 0 Å². The van der Waals surface area contributed by atoms with E-state index < -0.39 is 0 Å². The van der Waals surface area contributed by atoms with Crippen LogP contribution in [-0.2, 0) is 11.2 Å². The van der Waals surface area contributed by atoms with Gasteiger partial charge in [-0.3, -0.25) is 4.79 Å². The number of aromatic hydroxyl groups is 1. The fourth-order valence-electron chi connectivity index (χ4n) is 3.17. The number of aliphatic hydroxyl groups excluding tert-OH is 1. The normalized spacial score (nSPS) is 19.2. The molecule has 4 heteroatoms. The molecule has 1 fully saturated rings. The summed E-state index contributed by atoms with van der Waals surface area (Å²) in [6.45, 7) is 1.96. The molecule has 0 spiro atoms. The average molecular weight is 305 g/mol. The van der Waals surface area contributed by atoms with E-state index in [0.29, 0.717) is 6.42 Å². The van der Waals surface area contributed by atoms with Crippen LogP contribution in [0.2, 0.25) is 0 Å². The van der Waals surface area contributed by atoms with E-state index in [9.17, 15) is 15.0 Å². The third-order valence-corrected chi connectivity index (χ3v) is 4.73. The first-order valence-corrected chi connectivity index (χ1v) is 8.23. The van der Waals surface area contributed by atoms with Crippen LogP contribution in [0.4, 0.5) is 0 Å². The van der Waals surface area contributed by atoms with Gasteiger partial charge in [-0.2, -0.15) is 0 Å². The van der Waals surface area contributed by atoms with Crippen molar-refractivity contribution in [1.29, 1.82) is 0 Å². The summed E-state index contributed by atoms with van der Waals surface area (Å²) in [5.74, 6) is 0.284. The first kappa shape index (κ1) is 16.8. The van der Waals surface area contributed by atoms with Crippen LogP contribution in [0.3, 0.4) is 0 Å². The van der Waals surface area contributed by atoms with Crippen LogP contribution >= 0.6 is 0 Å². The highest BCUT2D eigenvalue weighted by atomic mass is 16.3. The minimum Gasteiger partial charge on any atom is -0.508 e. The topological polar surface area (TPSA) is 69.6 Å². The van der Waals surface area contributed by atoms with Gasteiger partial charge in [-0.15, -0.1) is 0 Å². The van der Waals surface area contributed by atoms with Gasteiger partial charge in [0.25, 0.3) is 0 Å². The zero-order valence-electron chi connectivity index (χ0n) is 13.3. The smallest absolute Gasteiger partial charge is 0.226 e. The minimum atomic E-state index is -0.307. The lowest BCUT2D eigenvalue weighted by Crippen LogP contribution is -2.46. The Bertz CT molecular complexity index is 476. The lowest BCUT2D eigenvalue weighted by molar-refractivity contribution is -0.132. The minimum absolute atomic E-state index is 0.0622. The molecule has 0 unspecified atom stereocenters. The van der Waals surface area contributed by atoms with Crippen LogP contribution in [0, 0.1) is 5.41 Å². The van der Waals surface area contributed by atoms with Gasteiger partial charge in [0, 0.05) is 5.41 Å². The second-order valence-electron chi connectivity index (χ2n) is 6.70. The number of phenols is 1. The highest BCUT2D eigenvalue weighted by Gasteiger charge is 2.34. The van der Waals surface area contributed by atoms with Crippen molar-refractivity contribution in [1.82, 2.24) is 5.32 Å². The number of rotatable bonds is 5. The summed E-state index contributed by atoms with van der Waals surface area (Å²) in [6.07, 6.45) is 7.04. The molecular weight excluding hydrogens is 278 g/mol. The number of hydrogen-bond donors (Lipinski definition) is 3. The average Bonchev–Trinajstić information content (AvgIpc) is 2.74. The maximum absolute atomic E-state index is 12.6. The predicted molar refractivity (Wildman–Crippen MR) is 86.6 cm³/mol. The number of aliphatic hydroxyl groups is 1. The maximum atomic E-state index is 12.6. The molecule has 1 aromatic carbocycles. The van der Waals surface area contributed by atoms with E-state index in [1.165, 1.54) is 12.8 Å². The first-order chi connectivity index (χ1) is 10.5. The van der Waals surface area contributed by atoms with E-state index in [1.807, 2.05) is 19.1 Å². The number of carbonyl (C=O) groups is 1. The monoisotopic (exact) mass is 305 g/mol. The molecule has 0 saturated heterocycles. The van der Waals surface area contributed by atoms with Crippen LogP contribution in [0.15, 0.2) is 24.3 Å². The fraction of sp³-hybridized carbons (Fsp3) is 0.611. The van der Waals surface area contributed by atoms with Gasteiger partial charge in [0.2, 0.25) is 5.91 Å². The van der Waals surface area contributed by atoms with Crippen molar-refractivity contribution >= 4 is 5.91 Å². The molecule has 1 aromatic rings. The van der Waals surface area contributed by atoms with Crippen molar-refractivity contribution < 1.29 is 15.0 Å². The van der Waals surface area contributed by atoms with Crippen LogP contribution in [0.5, 0.6) is 5.75 Å². The summed E-state index contributed by atoms with van der Waals surface area (Å²) in [5, 5.41) is 21.9. The van der Waals surface area contributed by atoms with E-state index in [0.717, 1.165) is 31.2 Å². The van der Waals surface area contributed by atoms with Crippen molar-refractivity contribution in [3.05, 3.63) is 29.8 Å². The fourth-order valence-corrected chi connectivity index (χ4v) is 3.17. The van der Waals surface area contributed by atoms with Gasteiger partial charge in [0.1, 0.15) is 5.75 Å². The van der Waals surface area contributed by atoms with Crippen LogP contribution < -0.4 is 5.32 Å². The highest BCUT2D eigenvalue weighted by Crippen LogP contribution is 2.34. The molecule has 0 aliphatic heterocycles. The number of nitrogens with one attached hydrogen (secondary N) is 1. The van der Waals surface area contributed by atoms with Crippen LogP contribution in [-0.4, -0.2) is 28.8 Å². The zero-order chi connectivity index (χ0) is 16.0. The molecule has 0 bridgehead atoms. The summed E-state index contributed by atoms with van der Waals surface area (Å²) in [6, 6.07) is 6.60. The van der Waals surface area contributed by atoms with E-state index in [1.54, 1.807) is 12.1 Å². The largest absolute Gasteiger partial charge is 0.508 e. The number of carbonyl (C=O) groups excluding carboxylic acids is 1. The molecule has 3 N–H and O–H groups in total. The zero-order valence-corrected chi connectivity index (χ0v) is 13.3. The number of benzene rings is 1. The van der Waals surface area contributed by atoms with E-state index in [-0.39, 0.29) is 29.7 Å². The Balaban J connectivity index is 1.96. The van der Waals surface area contributed by atoms with Gasteiger partial charge in [-0.05, 0) is 37.0 Å². The molecule has 1 amide bonds. The third-order valence-electron chi connectivity index (χ3n) is 4.73. The van der Waals surface area contributed by atoms with E-state index in [2.05, 4.69) is 5.32 Å². The van der Waals surface area contributed by atoms with Gasteiger partial charge in [0.05, 0.1) is 12.6 Å². The first-order valence-electron chi connectivity index (χ1n) is 8.23. The number of hydrogen-bond acceptors (Lipinski definition) is 3. The Labute approximate surface area is 132 Å². The van der Waals surface area contributed by atoms with Crippen molar-refractivity contribution in [2.24, 2.45) is 5.41 Å². The molecule has 0 aromatic heterocycles. The maximum Gasteiger partial charge on any atom is 0.226 e. The molecule has 1 saturated carbocycles. The molecular formula is C18H27NO3. The van der Waals surface area contributed by atoms with Gasteiger partial charge < -0.3 is 15.5 Å². The second kappa shape index (κ2) is 7.63. The molecule has 0 heterocycles. The Morgan fingerprint density at radius 3 is 2.32 bits per heavy atom. The molecule has 122 valence electrons. The van der Waals surface area contributed by atoms with E-state index in [4.69, 9.17) is 0 Å².